The SMILES string of the molecule is CC1(C)[C@@H]2CC[C@@H](C2)[C@H]1O. The minimum absolute atomic E-state index is 0.00810. The lowest BCUT2D eigenvalue weighted by Crippen LogP contribution is -2.34. The highest BCUT2D eigenvalue weighted by atomic mass is 16.3. The summed E-state index contributed by atoms with van der Waals surface area (Å²) in [4.78, 5) is 0. The fourth-order valence-corrected chi connectivity index (χ4v) is 2.83. The van der Waals surface area contributed by atoms with Crippen LogP contribution in [-0.2, 0) is 0 Å². The second-order valence-corrected chi connectivity index (χ2v) is 4.54. The average Bonchev–Trinajstić information content (AvgIpc) is 2.37. The molecule has 0 aliphatic heterocycles. The minimum atomic E-state index is -0.00810. The molecule has 0 aromatic carbocycles. The highest BCUT2D eigenvalue weighted by molar-refractivity contribution is 5.01. The molecule has 2 saturated carbocycles. The predicted octanol–water partition coefficient (Wildman–Crippen LogP) is 1.80. The Labute approximate surface area is 62.4 Å². The van der Waals surface area contributed by atoms with Gasteiger partial charge in [0.05, 0.1) is 6.10 Å². The number of hydrogen-bond acceptors (Lipinski definition) is 1. The third kappa shape index (κ3) is 0.619. The van der Waals surface area contributed by atoms with E-state index >= 15 is 0 Å². The maximum absolute atomic E-state index is 9.75. The summed E-state index contributed by atoms with van der Waals surface area (Å²) in [5.74, 6) is 1.45. The van der Waals surface area contributed by atoms with Crippen molar-refractivity contribution in [1.82, 2.24) is 0 Å². The summed E-state index contributed by atoms with van der Waals surface area (Å²) in [6.45, 7) is 4.42. The van der Waals surface area contributed by atoms with Gasteiger partial charge in [-0.2, -0.15) is 0 Å². The van der Waals surface area contributed by atoms with Crippen LogP contribution < -0.4 is 0 Å². The lowest BCUT2D eigenvalue weighted by Gasteiger charge is -2.34. The third-order valence-electron chi connectivity index (χ3n) is 3.73. The van der Waals surface area contributed by atoms with Gasteiger partial charge in [0.25, 0.3) is 0 Å². The molecule has 0 radical (unpaired) electrons. The van der Waals surface area contributed by atoms with Crippen LogP contribution in [0.1, 0.15) is 33.1 Å². The second-order valence-electron chi connectivity index (χ2n) is 4.54. The summed E-state index contributed by atoms with van der Waals surface area (Å²) < 4.78 is 0. The molecule has 0 amide bonds. The van der Waals surface area contributed by atoms with E-state index in [1.165, 1.54) is 19.3 Å². The molecule has 1 N–H and O–H groups in total. The van der Waals surface area contributed by atoms with Crippen LogP contribution in [0.15, 0.2) is 0 Å². The second kappa shape index (κ2) is 1.76. The molecule has 1 nitrogen and oxygen atoms in total. The molecule has 3 atom stereocenters. The van der Waals surface area contributed by atoms with Crippen molar-refractivity contribution in [2.45, 2.75) is 39.2 Å². The maximum atomic E-state index is 9.75. The molecule has 2 bridgehead atoms. The van der Waals surface area contributed by atoms with Gasteiger partial charge in [0.2, 0.25) is 0 Å². The number of rotatable bonds is 0. The zero-order valence-corrected chi connectivity index (χ0v) is 6.80. The Morgan fingerprint density at radius 3 is 2.30 bits per heavy atom. The van der Waals surface area contributed by atoms with Crippen molar-refractivity contribution in [2.24, 2.45) is 17.3 Å². The van der Waals surface area contributed by atoms with Gasteiger partial charge in [0.15, 0.2) is 0 Å². The van der Waals surface area contributed by atoms with Crippen LogP contribution >= 0.6 is 0 Å². The maximum Gasteiger partial charge on any atom is 0.0622 e. The molecule has 2 aliphatic carbocycles. The van der Waals surface area contributed by atoms with Gasteiger partial charge in [-0.15, -0.1) is 0 Å². The predicted molar refractivity (Wildman–Crippen MR) is 40.6 cm³/mol. The van der Waals surface area contributed by atoms with Crippen LogP contribution in [0.3, 0.4) is 0 Å². The molecule has 2 aliphatic rings. The van der Waals surface area contributed by atoms with Crippen LogP contribution in [0.25, 0.3) is 0 Å². The largest absolute Gasteiger partial charge is 0.392 e. The zero-order valence-electron chi connectivity index (χ0n) is 6.80. The van der Waals surface area contributed by atoms with E-state index in [1.807, 2.05) is 0 Å². The summed E-state index contributed by atoms with van der Waals surface area (Å²) in [5, 5.41) is 9.75. The topological polar surface area (TPSA) is 20.2 Å². The Hall–Kier alpha value is -0.0400. The molecule has 0 spiro atoms. The summed E-state index contributed by atoms with van der Waals surface area (Å²) in [5.41, 5.74) is 0.225. The van der Waals surface area contributed by atoms with Gasteiger partial charge in [-0.25, -0.2) is 0 Å². The number of aliphatic hydroxyl groups is 1. The first kappa shape index (κ1) is 6.66. The molecular formula is C9H16O. The molecule has 0 aromatic rings. The van der Waals surface area contributed by atoms with Crippen molar-refractivity contribution < 1.29 is 5.11 Å². The summed E-state index contributed by atoms with van der Waals surface area (Å²) >= 11 is 0. The van der Waals surface area contributed by atoms with Crippen LogP contribution in [0, 0.1) is 17.3 Å². The van der Waals surface area contributed by atoms with Gasteiger partial charge in [0, 0.05) is 0 Å². The van der Waals surface area contributed by atoms with E-state index < -0.39 is 0 Å². The van der Waals surface area contributed by atoms with Crippen molar-refractivity contribution in [3.63, 3.8) is 0 Å². The van der Waals surface area contributed by atoms with Gasteiger partial charge in [-0.3, -0.25) is 0 Å². The van der Waals surface area contributed by atoms with Gasteiger partial charge < -0.3 is 5.11 Å². The van der Waals surface area contributed by atoms with Crippen LogP contribution in [0.5, 0.6) is 0 Å². The lowest BCUT2D eigenvalue weighted by atomic mass is 9.74. The smallest absolute Gasteiger partial charge is 0.0622 e. The molecular weight excluding hydrogens is 124 g/mol. The third-order valence-corrected chi connectivity index (χ3v) is 3.73. The molecule has 58 valence electrons. The molecule has 2 rings (SSSR count). The first-order valence-electron chi connectivity index (χ1n) is 4.30. The lowest BCUT2D eigenvalue weighted by molar-refractivity contribution is 0.00432. The molecule has 2 fully saturated rings. The molecule has 0 heterocycles. The highest BCUT2D eigenvalue weighted by Crippen LogP contribution is 2.55. The van der Waals surface area contributed by atoms with E-state index in [4.69, 9.17) is 0 Å². The standard InChI is InChI=1S/C9H16O/c1-9(2)7-4-3-6(5-7)8(9)10/h6-8,10H,3-5H2,1-2H3/t6-,7+,8+/m0/s1. The first-order chi connectivity index (χ1) is 4.62. The number of hydrogen-bond donors (Lipinski definition) is 1. The minimum Gasteiger partial charge on any atom is -0.392 e. The van der Waals surface area contributed by atoms with E-state index in [0.29, 0.717) is 5.92 Å². The number of aliphatic hydroxyl groups excluding tert-OH is 1. The molecule has 1 heteroatoms. The quantitative estimate of drug-likeness (QED) is 0.544. The van der Waals surface area contributed by atoms with Gasteiger partial charge in [0.1, 0.15) is 0 Å². The van der Waals surface area contributed by atoms with E-state index in [9.17, 15) is 5.11 Å². The van der Waals surface area contributed by atoms with Crippen LogP contribution in [0.4, 0.5) is 0 Å². The van der Waals surface area contributed by atoms with Gasteiger partial charge >= 0.3 is 0 Å². The fourth-order valence-electron chi connectivity index (χ4n) is 2.83. The van der Waals surface area contributed by atoms with E-state index in [2.05, 4.69) is 13.8 Å². The summed E-state index contributed by atoms with van der Waals surface area (Å²) in [6, 6.07) is 0. The normalized spacial score (nSPS) is 50.1. The Morgan fingerprint density at radius 2 is 2.00 bits per heavy atom. The Bertz CT molecular complexity index is 147. The Morgan fingerprint density at radius 1 is 1.30 bits per heavy atom. The Balaban J connectivity index is 2.25. The van der Waals surface area contributed by atoms with Crippen LogP contribution in [-0.4, -0.2) is 11.2 Å². The van der Waals surface area contributed by atoms with Crippen molar-refractivity contribution >= 4 is 0 Å². The van der Waals surface area contributed by atoms with Gasteiger partial charge in [-0.1, -0.05) is 13.8 Å². The fraction of sp³-hybridized carbons (Fsp3) is 1.00. The number of fused-ring (bicyclic) bond motifs is 2. The molecule has 10 heavy (non-hydrogen) atoms. The average molecular weight is 140 g/mol. The zero-order chi connectivity index (χ0) is 7.35. The van der Waals surface area contributed by atoms with E-state index in [0.717, 1.165) is 5.92 Å². The van der Waals surface area contributed by atoms with E-state index in [1.54, 1.807) is 0 Å². The first-order valence-corrected chi connectivity index (χ1v) is 4.30. The molecule has 0 aromatic heterocycles. The Kier molecular flexibility index (Phi) is 1.17. The highest BCUT2D eigenvalue weighted by Gasteiger charge is 2.51. The van der Waals surface area contributed by atoms with Crippen molar-refractivity contribution in [3.8, 4) is 0 Å². The van der Waals surface area contributed by atoms with Crippen LogP contribution in [0.2, 0.25) is 0 Å². The molecule has 0 unspecified atom stereocenters. The van der Waals surface area contributed by atoms with E-state index in [-0.39, 0.29) is 11.5 Å². The van der Waals surface area contributed by atoms with Crippen molar-refractivity contribution in [2.75, 3.05) is 0 Å². The molecule has 0 saturated heterocycles. The summed E-state index contributed by atoms with van der Waals surface area (Å²) in [7, 11) is 0. The van der Waals surface area contributed by atoms with Gasteiger partial charge in [-0.05, 0) is 36.5 Å². The van der Waals surface area contributed by atoms with Crippen molar-refractivity contribution in [1.29, 1.82) is 0 Å². The summed E-state index contributed by atoms with van der Waals surface area (Å²) in [6.07, 6.45) is 3.91. The monoisotopic (exact) mass is 140 g/mol. The van der Waals surface area contributed by atoms with Crippen molar-refractivity contribution in [3.05, 3.63) is 0 Å².